The fraction of sp³-hybridized carbons (Fsp3) is 0.469. The van der Waals surface area contributed by atoms with Gasteiger partial charge in [-0.2, -0.15) is 0 Å². The van der Waals surface area contributed by atoms with Crippen LogP contribution >= 0.6 is 11.3 Å². The van der Waals surface area contributed by atoms with Crippen LogP contribution in [-0.4, -0.2) is 56.4 Å². The number of carbonyl (C=O) groups excluding carboxylic acids is 2. The predicted octanol–water partition coefficient (Wildman–Crippen LogP) is 6.06. The first-order valence-corrected chi connectivity index (χ1v) is 17.6. The molecule has 1 saturated carbocycles. The molecule has 0 unspecified atom stereocenters. The van der Waals surface area contributed by atoms with E-state index in [1.165, 1.54) is 23.5 Å². The molecule has 2 aliphatic rings. The molecule has 1 aromatic heterocycles. The number of rotatable bonds is 9. The summed E-state index contributed by atoms with van der Waals surface area (Å²) >= 11 is 1.44. The SMILES string of the molecule is C[C@@H](NC(=O)Nc1ccc(-c2cnc(C3CCC(NC(=O)OC4COC4)CC3)s2)c(S(=O)(=O)NC(C)(C)C)c1)c1ccccc1F. The van der Waals surface area contributed by atoms with E-state index in [4.69, 9.17) is 9.47 Å². The standard InChI is InChI=1S/C32H40FN5O6S2/c1-19(24-7-5-6-8-26(24)33)35-30(39)36-22-13-14-25(28(15-22)46(41,42)38-32(2,3)4)27-16-34-29(45-27)20-9-11-21(12-10-20)37-31(40)44-23-17-43-18-23/h5-8,13-16,19-21,23,38H,9-12,17-18H2,1-4H3,(H,37,40)(H2,35,36,39)/t19-,20?,21?/m1/s1. The molecule has 46 heavy (non-hydrogen) atoms. The summed E-state index contributed by atoms with van der Waals surface area (Å²) in [7, 11) is -4.02. The number of anilines is 1. The lowest BCUT2D eigenvalue weighted by atomic mass is 9.86. The van der Waals surface area contributed by atoms with Crippen molar-refractivity contribution in [3.05, 3.63) is 65.0 Å². The van der Waals surface area contributed by atoms with E-state index in [0.717, 1.165) is 30.7 Å². The highest BCUT2D eigenvalue weighted by atomic mass is 32.2. The van der Waals surface area contributed by atoms with E-state index in [-0.39, 0.29) is 28.6 Å². The molecular weight excluding hydrogens is 634 g/mol. The van der Waals surface area contributed by atoms with Crippen molar-refractivity contribution < 1.29 is 31.9 Å². The van der Waals surface area contributed by atoms with Crippen LogP contribution in [0.2, 0.25) is 0 Å². The van der Waals surface area contributed by atoms with Crippen molar-refractivity contribution >= 4 is 39.2 Å². The number of halogens is 1. The maximum absolute atomic E-state index is 14.2. The smallest absolute Gasteiger partial charge is 0.407 e. The maximum atomic E-state index is 14.2. The van der Waals surface area contributed by atoms with Gasteiger partial charge in [0.2, 0.25) is 10.0 Å². The first-order valence-electron chi connectivity index (χ1n) is 15.3. The van der Waals surface area contributed by atoms with Crippen LogP contribution < -0.4 is 20.7 Å². The van der Waals surface area contributed by atoms with Crippen LogP contribution in [0.5, 0.6) is 0 Å². The minimum absolute atomic E-state index is 0.000797. The fourth-order valence-corrected chi connectivity index (χ4v) is 8.33. The zero-order valence-electron chi connectivity index (χ0n) is 26.3. The van der Waals surface area contributed by atoms with Crippen molar-refractivity contribution in [3.8, 4) is 10.4 Å². The van der Waals surface area contributed by atoms with Crippen molar-refractivity contribution in [1.29, 1.82) is 0 Å². The van der Waals surface area contributed by atoms with Crippen molar-refractivity contribution in [2.75, 3.05) is 18.5 Å². The second-order valence-electron chi connectivity index (χ2n) is 12.7. The maximum Gasteiger partial charge on any atom is 0.407 e. The van der Waals surface area contributed by atoms with Gasteiger partial charge in [0.25, 0.3) is 0 Å². The number of carbonyl (C=O) groups is 2. The summed E-state index contributed by atoms with van der Waals surface area (Å²) in [6.07, 6.45) is 4.31. The molecule has 5 rings (SSSR count). The zero-order valence-corrected chi connectivity index (χ0v) is 27.9. The fourth-order valence-electron chi connectivity index (χ4n) is 5.47. The Morgan fingerprint density at radius 1 is 1.09 bits per heavy atom. The van der Waals surface area contributed by atoms with Crippen LogP contribution in [0.25, 0.3) is 10.4 Å². The molecule has 3 aromatic rings. The Morgan fingerprint density at radius 2 is 1.80 bits per heavy atom. The molecule has 1 atom stereocenters. The Hall–Kier alpha value is -3.59. The number of alkyl carbamates (subject to hydrolysis) is 1. The summed E-state index contributed by atoms with van der Waals surface area (Å²) in [6, 6.07) is 9.67. The number of nitrogens with one attached hydrogen (secondary N) is 4. The van der Waals surface area contributed by atoms with E-state index in [1.807, 2.05) is 0 Å². The molecular formula is C32H40FN5O6S2. The molecule has 1 aliphatic heterocycles. The Balaban J connectivity index is 1.30. The molecule has 0 radical (unpaired) electrons. The van der Waals surface area contributed by atoms with E-state index in [9.17, 15) is 22.4 Å². The summed E-state index contributed by atoms with van der Waals surface area (Å²) in [4.78, 5) is 30.3. The number of hydrogen-bond donors (Lipinski definition) is 4. The third-order valence-electron chi connectivity index (χ3n) is 7.76. The van der Waals surface area contributed by atoms with E-state index in [0.29, 0.717) is 29.2 Å². The normalized spacial score (nSPS) is 19.5. The first-order chi connectivity index (χ1) is 21.8. The lowest BCUT2D eigenvalue weighted by Crippen LogP contribution is -2.44. The van der Waals surface area contributed by atoms with Gasteiger partial charge < -0.3 is 25.4 Å². The lowest BCUT2D eigenvalue weighted by Gasteiger charge is -2.30. The van der Waals surface area contributed by atoms with Crippen LogP contribution in [-0.2, 0) is 19.5 Å². The summed E-state index contributed by atoms with van der Waals surface area (Å²) in [5, 5.41) is 9.23. The largest absolute Gasteiger partial charge is 0.441 e. The number of benzene rings is 2. The zero-order chi connectivity index (χ0) is 33.1. The van der Waals surface area contributed by atoms with Gasteiger partial charge in [-0.1, -0.05) is 24.3 Å². The number of amides is 3. The Morgan fingerprint density at radius 3 is 2.46 bits per heavy atom. The molecule has 14 heteroatoms. The average molecular weight is 674 g/mol. The lowest BCUT2D eigenvalue weighted by molar-refractivity contribution is -0.0985. The van der Waals surface area contributed by atoms with Crippen molar-refractivity contribution in [2.24, 2.45) is 0 Å². The molecule has 4 N–H and O–H groups in total. The summed E-state index contributed by atoms with van der Waals surface area (Å²) < 4.78 is 54.6. The number of hydrogen-bond acceptors (Lipinski definition) is 8. The van der Waals surface area contributed by atoms with Crippen molar-refractivity contribution in [1.82, 2.24) is 20.3 Å². The van der Waals surface area contributed by atoms with Gasteiger partial charge in [-0.25, -0.2) is 32.1 Å². The summed E-state index contributed by atoms with van der Waals surface area (Å²) in [5.41, 5.74) is 0.299. The molecule has 248 valence electrons. The molecule has 2 heterocycles. The summed E-state index contributed by atoms with van der Waals surface area (Å²) in [6.45, 7) is 7.79. The van der Waals surface area contributed by atoms with Crippen LogP contribution in [0.4, 0.5) is 19.7 Å². The second-order valence-corrected chi connectivity index (χ2v) is 15.4. The molecule has 0 spiro atoms. The van der Waals surface area contributed by atoms with Gasteiger partial charge in [0.1, 0.15) is 5.82 Å². The molecule has 2 fully saturated rings. The minimum Gasteiger partial charge on any atom is -0.441 e. The topological polar surface area (TPSA) is 148 Å². The monoisotopic (exact) mass is 673 g/mol. The van der Waals surface area contributed by atoms with Gasteiger partial charge in [-0.3, -0.25) is 0 Å². The van der Waals surface area contributed by atoms with Gasteiger partial charge in [0.05, 0.1) is 34.0 Å². The third-order valence-corrected chi connectivity index (χ3v) is 10.7. The number of thiazole rings is 1. The number of nitrogens with zero attached hydrogens (tertiary/aromatic N) is 1. The minimum atomic E-state index is -4.02. The van der Waals surface area contributed by atoms with Gasteiger partial charge in [-0.15, -0.1) is 11.3 Å². The number of ether oxygens (including phenoxy) is 2. The third kappa shape index (κ3) is 8.60. The van der Waals surface area contributed by atoms with Crippen molar-refractivity contribution in [2.45, 2.75) is 87.9 Å². The van der Waals surface area contributed by atoms with Crippen molar-refractivity contribution in [3.63, 3.8) is 0 Å². The van der Waals surface area contributed by atoms with Crippen LogP contribution in [0, 0.1) is 5.82 Å². The molecule has 3 amide bonds. The molecule has 1 saturated heterocycles. The Labute approximate surface area is 272 Å². The van der Waals surface area contributed by atoms with Crippen LogP contribution in [0.3, 0.4) is 0 Å². The Kier molecular flexibility index (Phi) is 10.3. The highest BCUT2D eigenvalue weighted by molar-refractivity contribution is 7.89. The van der Waals surface area contributed by atoms with Crippen LogP contribution in [0.1, 0.15) is 75.9 Å². The number of sulfonamides is 1. The first kappa shape index (κ1) is 33.8. The van der Waals surface area contributed by atoms with E-state index in [2.05, 4.69) is 25.7 Å². The quantitative estimate of drug-likeness (QED) is 0.216. The second kappa shape index (κ2) is 14.0. The predicted molar refractivity (Wildman–Crippen MR) is 174 cm³/mol. The number of urea groups is 1. The van der Waals surface area contributed by atoms with E-state index in [1.54, 1.807) is 64.2 Å². The average Bonchev–Trinajstić information content (AvgIpc) is 3.44. The van der Waals surface area contributed by atoms with Crippen LogP contribution in [0.15, 0.2) is 53.6 Å². The van der Waals surface area contributed by atoms with E-state index >= 15 is 0 Å². The van der Waals surface area contributed by atoms with E-state index < -0.39 is 39.5 Å². The molecule has 2 aromatic carbocycles. The molecule has 11 nitrogen and oxygen atoms in total. The molecule has 1 aliphatic carbocycles. The molecule has 0 bridgehead atoms. The van der Waals surface area contributed by atoms with Gasteiger partial charge in [0, 0.05) is 40.5 Å². The highest BCUT2D eigenvalue weighted by Crippen LogP contribution is 2.40. The number of aromatic nitrogens is 1. The highest BCUT2D eigenvalue weighted by Gasteiger charge is 2.30. The van der Waals surface area contributed by atoms with Gasteiger partial charge in [0.15, 0.2) is 6.10 Å². The Bertz CT molecular complexity index is 1660. The summed E-state index contributed by atoms with van der Waals surface area (Å²) in [5.74, 6) is -0.253. The van der Waals surface area contributed by atoms with Gasteiger partial charge in [-0.05, 0) is 71.6 Å². The van der Waals surface area contributed by atoms with Gasteiger partial charge >= 0.3 is 12.1 Å².